The number of hydrogen-bond donors (Lipinski definition) is 1. The standard InChI is InChI=1S/C28H38F3N3O5/c29-28(30,31)22-7-3-20(4-8-22)16-33-13-11-27(12-14-33)19-34(26(36)39-27)17-21-5-9-23(10-6-21)32-25(35)38-18-24-2-1-15-37-24/h3-4,7-8,21,23-24H,1-2,5-6,9-19H2,(H,32,35). The first-order chi connectivity index (χ1) is 18.7. The van der Waals surface area contributed by atoms with Crippen molar-refractivity contribution in [3.05, 3.63) is 35.4 Å². The number of carbonyl (C=O) groups excluding carboxylic acids is 2. The Bertz CT molecular complexity index is 983. The van der Waals surface area contributed by atoms with Crippen molar-refractivity contribution in [2.24, 2.45) is 5.92 Å². The van der Waals surface area contributed by atoms with E-state index in [1.165, 1.54) is 12.1 Å². The van der Waals surface area contributed by atoms with Crippen LogP contribution in [0.2, 0.25) is 0 Å². The van der Waals surface area contributed by atoms with Gasteiger partial charge in [0, 0.05) is 51.7 Å². The van der Waals surface area contributed by atoms with E-state index in [9.17, 15) is 22.8 Å². The molecule has 4 fully saturated rings. The topological polar surface area (TPSA) is 80.3 Å². The van der Waals surface area contributed by atoms with Gasteiger partial charge in [0.05, 0.1) is 18.2 Å². The van der Waals surface area contributed by atoms with Crippen LogP contribution in [0.15, 0.2) is 24.3 Å². The summed E-state index contributed by atoms with van der Waals surface area (Å²) in [6, 6.07) is 5.40. The maximum Gasteiger partial charge on any atom is 0.416 e. The van der Waals surface area contributed by atoms with E-state index < -0.39 is 17.3 Å². The number of piperidine rings is 1. The summed E-state index contributed by atoms with van der Waals surface area (Å²) in [5.41, 5.74) is -0.288. The molecule has 39 heavy (non-hydrogen) atoms. The molecule has 1 atom stereocenters. The SMILES string of the molecule is O=C(NC1CCC(CN2CC3(CCN(Cc4ccc(C(F)(F)F)cc4)CC3)OC2=O)CC1)OCC1CCCO1. The lowest BCUT2D eigenvalue weighted by atomic mass is 9.85. The molecule has 1 aromatic rings. The van der Waals surface area contributed by atoms with Crippen molar-refractivity contribution in [2.75, 3.05) is 39.4 Å². The number of nitrogens with zero attached hydrogens (tertiary/aromatic N) is 2. The molecule has 2 amide bonds. The Labute approximate surface area is 227 Å². The summed E-state index contributed by atoms with van der Waals surface area (Å²) in [5, 5.41) is 2.97. The zero-order valence-electron chi connectivity index (χ0n) is 22.2. The summed E-state index contributed by atoms with van der Waals surface area (Å²) in [6.45, 7) is 4.29. The van der Waals surface area contributed by atoms with E-state index in [1.54, 1.807) is 0 Å². The van der Waals surface area contributed by atoms with Crippen LogP contribution in [0.25, 0.3) is 0 Å². The zero-order chi connectivity index (χ0) is 27.5. The number of alkyl carbamates (subject to hydrolysis) is 1. The minimum atomic E-state index is -4.33. The summed E-state index contributed by atoms with van der Waals surface area (Å²) in [4.78, 5) is 28.9. The van der Waals surface area contributed by atoms with E-state index in [0.717, 1.165) is 75.9 Å². The Kier molecular flexibility index (Phi) is 8.56. The van der Waals surface area contributed by atoms with Gasteiger partial charge in [0.25, 0.3) is 0 Å². The van der Waals surface area contributed by atoms with Gasteiger partial charge < -0.3 is 24.4 Å². The highest BCUT2D eigenvalue weighted by molar-refractivity contribution is 5.70. The van der Waals surface area contributed by atoms with E-state index in [1.807, 2.05) is 4.90 Å². The Balaban J connectivity index is 1.01. The lowest BCUT2D eigenvalue weighted by Gasteiger charge is -2.37. The fourth-order valence-electron chi connectivity index (χ4n) is 6.22. The second-order valence-electron chi connectivity index (χ2n) is 11.5. The number of carbonyl (C=O) groups is 2. The highest BCUT2D eigenvalue weighted by Crippen LogP contribution is 2.36. The van der Waals surface area contributed by atoms with Crippen molar-refractivity contribution in [1.82, 2.24) is 15.1 Å². The van der Waals surface area contributed by atoms with Crippen LogP contribution in [-0.4, -0.2) is 79.1 Å². The lowest BCUT2D eigenvalue weighted by Crippen LogP contribution is -2.47. The Morgan fingerprint density at radius 2 is 1.79 bits per heavy atom. The summed E-state index contributed by atoms with van der Waals surface area (Å²) < 4.78 is 55.1. The Hall–Kier alpha value is -2.53. The summed E-state index contributed by atoms with van der Waals surface area (Å²) >= 11 is 0. The Morgan fingerprint density at radius 3 is 2.44 bits per heavy atom. The molecule has 4 aliphatic rings. The third kappa shape index (κ3) is 7.36. The van der Waals surface area contributed by atoms with Crippen LogP contribution in [0.3, 0.4) is 0 Å². The minimum absolute atomic E-state index is 0.0151. The molecule has 1 spiro atoms. The number of benzene rings is 1. The number of nitrogens with one attached hydrogen (secondary N) is 1. The number of likely N-dealkylation sites (tertiary alicyclic amines) is 1. The van der Waals surface area contributed by atoms with Crippen LogP contribution in [0, 0.1) is 5.92 Å². The zero-order valence-corrected chi connectivity index (χ0v) is 22.2. The quantitative estimate of drug-likeness (QED) is 0.515. The highest BCUT2D eigenvalue weighted by Gasteiger charge is 2.47. The second kappa shape index (κ2) is 11.9. The van der Waals surface area contributed by atoms with Crippen molar-refractivity contribution in [2.45, 2.75) is 81.8 Å². The number of ether oxygens (including phenoxy) is 3. The van der Waals surface area contributed by atoms with Gasteiger partial charge >= 0.3 is 18.4 Å². The third-order valence-electron chi connectivity index (χ3n) is 8.57. The summed E-state index contributed by atoms with van der Waals surface area (Å²) in [7, 11) is 0. The van der Waals surface area contributed by atoms with Gasteiger partial charge in [-0.25, -0.2) is 9.59 Å². The Morgan fingerprint density at radius 1 is 1.08 bits per heavy atom. The van der Waals surface area contributed by atoms with Crippen molar-refractivity contribution < 1.29 is 37.0 Å². The summed E-state index contributed by atoms with van der Waals surface area (Å²) in [5.74, 6) is 0.369. The van der Waals surface area contributed by atoms with Gasteiger partial charge in [-0.3, -0.25) is 4.90 Å². The number of amides is 2. The first-order valence-corrected chi connectivity index (χ1v) is 14.1. The monoisotopic (exact) mass is 553 g/mol. The van der Waals surface area contributed by atoms with Gasteiger partial charge in [-0.05, 0) is 62.1 Å². The molecular formula is C28H38F3N3O5. The molecule has 3 aliphatic heterocycles. The predicted molar refractivity (Wildman–Crippen MR) is 136 cm³/mol. The second-order valence-corrected chi connectivity index (χ2v) is 11.5. The van der Waals surface area contributed by atoms with Crippen LogP contribution in [-0.2, 0) is 26.9 Å². The number of halogens is 3. The van der Waals surface area contributed by atoms with E-state index in [-0.39, 0.29) is 24.3 Å². The summed E-state index contributed by atoms with van der Waals surface area (Å²) in [6.07, 6.45) is 1.95. The van der Waals surface area contributed by atoms with E-state index in [2.05, 4.69) is 10.2 Å². The molecule has 1 unspecified atom stereocenters. The molecule has 0 aromatic heterocycles. The van der Waals surface area contributed by atoms with Gasteiger partial charge in [-0.2, -0.15) is 13.2 Å². The molecular weight excluding hydrogens is 515 g/mol. The molecule has 11 heteroatoms. The number of rotatable bonds is 7. The van der Waals surface area contributed by atoms with Crippen molar-refractivity contribution >= 4 is 12.2 Å². The normalized spacial score (nSPS) is 27.5. The number of alkyl halides is 3. The maximum atomic E-state index is 12.8. The maximum absolute atomic E-state index is 12.8. The molecule has 216 valence electrons. The first-order valence-electron chi connectivity index (χ1n) is 14.1. The van der Waals surface area contributed by atoms with Crippen LogP contribution < -0.4 is 5.32 Å². The molecule has 8 nitrogen and oxygen atoms in total. The molecule has 1 saturated carbocycles. The van der Waals surface area contributed by atoms with Gasteiger partial charge in [0.15, 0.2) is 0 Å². The smallest absolute Gasteiger partial charge is 0.416 e. The average Bonchev–Trinajstić information content (AvgIpc) is 3.53. The largest absolute Gasteiger partial charge is 0.447 e. The first kappa shape index (κ1) is 28.0. The van der Waals surface area contributed by atoms with Crippen molar-refractivity contribution in [3.63, 3.8) is 0 Å². The van der Waals surface area contributed by atoms with Crippen molar-refractivity contribution in [3.8, 4) is 0 Å². The molecule has 1 N–H and O–H groups in total. The number of hydrogen-bond acceptors (Lipinski definition) is 6. The van der Waals surface area contributed by atoms with Crippen LogP contribution >= 0.6 is 0 Å². The molecule has 1 aliphatic carbocycles. The fourth-order valence-corrected chi connectivity index (χ4v) is 6.22. The molecule has 0 radical (unpaired) electrons. The van der Waals surface area contributed by atoms with E-state index >= 15 is 0 Å². The van der Waals surface area contributed by atoms with Gasteiger partial charge in [-0.15, -0.1) is 0 Å². The van der Waals surface area contributed by atoms with Gasteiger partial charge in [0.2, 0.25) is 0 Å². The van der Waals surface area contributed by atoms with Gasteiger partial charge in [-0.1, -0.05) is 12.1 Å². The molecule has 5 rings (SSSR count). The molecule has 3 heterocycles. The van der Waals surface area contributed by atoms with Gasteiger partial charge in [0.1, 0.15) is 12.2 Å². The van der Waals surface area contributed by atoms with Crippen LogP contribution in [0.5, 0.6) is 0 Å². The average molecular weight is 554 g/mol. The van der Waals surface area contributed by atoms with Crippen LogP contribution in [0.1, 0.15) is 62.5 Å². The molecule has 1 aromatic carbocycles. The third-order valence-corrected chi connectivity index (χ3v) is 8.57. The lowest BCUT2D eigenvalue weighted by molar-refractivity contribution is -0.137. The minimum Gasteiger partial charge on any atom is -0.447 e. The predicted octanol–water partition coefficient (Wildman–Crippen LogP) is 4.96. The van der Waals surface area contributed by atoms with E-state index in [0.29, 0.717) is 45.0 Å². The van der Waals surface area contributed by atoms with Crippen LogP contribution in [0.4, 0.5) is 22.8 Å². The highest BCUT2D eigenvalue weighted by atomic mass is 19.4. The fraction of sp³-hybridized carbons (Fsp3) is 0.714. The van der Waals surface area contributed by atoms with Crippen molar-refractivity contribution in [1.29, 1.82) is 0 Å². The molecule has 3 saturated heterocycles. The van der Waals surface area contributed by atoms with E-state index in [4.69, 9.17) is 14.2 Å². The molecule has 0 bridgehead atoms.